The molecule has 1 rings (SSSR count). The van der Waals surface area contributed by atoms with Crippen LogP contribution in [0.15, 0.2) is 12.1 Å². The number of rotatable bonds is 1. The van der Waals surface area contributed by atoms with Crippen LogP contribution in [0.3, 0.4) is 0 Å². The molecule has 4 heteroatoms. The fourth-order valence-electron chi connectivity index (χ4n) is 1.07. The Bertz CT molecular complexity index is 260. The van der Waals surface area contributed by atoms with E-state index in [9.17, 15) is 0 Å². The summed E-state index contributed by atoms with van der Waals surface area (Å²) in [6.07, 6.45) is 0. The van der Waals surface area contributed by atoms with Gasteiger partial charge < -0.3 is 11.5 Å². The van der Waals surface area contributed by atoms with E-state index in [4.69, 9.17) is 11.5 Å². The number of halogens is 1. The lowest BCUT2D eigenvalue weighted by atomic mass is 10.1. The molecule has 1 unspecified atom stereocenters. The zero-order chi connectivity index (χ0) is 8.43. The lowest BCUT2D eigenvalue weighted by Crippen LogP contribution is -2.08. The first kappa shape index (κ1) is 11.2. The number of anilines is 1. The van der Waals surface area contributed by atoms with E-state index in [0.29, 0.717) is 5.82 Å². The largest absolute Gasteiger partial charge is 0.384 e. The molecule has 68 valence electrons. The Kier molecular flexibility index (Phi) is 4.00. The number of nitrogens with two attached hydrogens (primary N) is 2. The highest BCUT2D eigenvalue weighted by atomic mass is 35.5. The van der Waals surface area contributed by atoms with Crippen molar-refractivity contribution in [2.75, 3.05) is 5.73 Å². The van der Waals surface area contributed by atoms with Gasteiger partial charge in [-0.25, -0.2) is 4.98 Å². The SMILES string of the molecule is Cc1nc(N)ccc1C(C)N.Cl. The highest BCUT2D eigenvalue weighted by molar-refractivity contribution is 5.85. The lowest BCUT2D eigenvalue weighted by molar-refractivity contribution is 0.800. The molecule has 1 heterocycles. The van der Waals surface area contributed by atoms with Crippen molar-refractivity contribution >= 4 is 18.2 Å². The summed E-state index contributed by atoms with van der Waals surface area (Å²) < 4.78 is 0. The lowest BCUT2D eigenvalue weighted by Gasteiger charge is -2.08. The van der Waals surface area contributed by atoms with Gasteiger partial charge >= 0.3 is 0 Å². The van der Waals surface area contributed by atoms with Crippen LogP contribution in [-0.2, 0) is 0 Å². The molecule has 0 aliphatic heterocycles. The molecule has 0 saturated heterocycles. The summed E-state index contributed by atoms with van der Waals surface area (Å²) in [6, 6.07) is 3.72. The standard InChI is InChI=1S/C8H13N3.ClH/c1-5(9)7-3-4-8(10)11-6(7)2;/h3-5H,9H2,1-2H3,(H2,10,11);1H. The van der Waals surface area contributed by atoms with Crippen molar-refractivity contribution in [3.63, 3.8) is 0 Å². The van der Waals surface area contributed by atoms with Crippen molar-refractivity contribution in [2.45, 2.75) is 19.9 Å². The van der Waals surface area contributed by atoms with E-state index in [0.717, 1.165) is 11.3 Å². The van der Waals surface area contributed by atoms with Gasteiger partial charge in [0.15, 0.2) is 0 Å². The van der Waals surface area contributed by atoms with Crippen molar-refractivity contribution in [3.8, 4) is 0 Å². The highest BCUT2D eigenvalue weighted by Crippen LogP contribution is 2.13. The van der Waals surface area contributed by atoms with Gasteiger partial charge in [-0.3, -0.25) is 0 Å². The minimum absolute atomic E-state index is 0. The van der Waals surface area contributed by atoms with Crippen LogP contribution in [0.5, 0.6) is 0 Å². The molecule has 1 aromatic heterocycles. The van der Waals surface area contributed by atoms with Crippen molar-refractivity contribution in [2.24, 2.45) is 5.73 Å². The van der Waals surface area contributed by atoms with E-state index in [1.54, 1.807) is 6.07 Å². The summed E-state index contributed by atoms with van der Waals surface area (Å²) in [4.78, 5) is 4.09. The van der Waals surface area contributed by atoms with Crippen LogP contribution in [0.1, 0.15) is 24.2 Å². The van der Waals surface area contributed by atoms with Crippen LogP contribution < -0.4 is 11.5 Å². The Morgan fingerprint density at radius 2 is 2.00 bits per heavy atom. The van der Waals surface area contributed by atoms with Crippen LogP contribution in [0.2, 0.25) is 0 Å². The molecule has 0 bridgehead atoms. The van der Waals surface area contributed by atoms with Gasteiger partial charge in [-0.15, -0.1) is 12.4 Å². The average molecular weight is 188 g/mol. The van der Waals surface area contributed by atoms with Crippen LogP contribution in [0, 0.1) is 6.92 Å². The second-order valence-electron chi connectivity index (χ2n) is 2.70. The van der Waals surface area contributed by atoms with Crippen LogP contribution >= 0.6 is 12.4 Å². The van der Waals surface area contributed by atoms with Crippen molar-refractivity contribution in [1.29, 1.82) is 0 Å². The van der Waals surface area contributed by atoms with Crippen LogP contribution in [-0.4, -0.2) is 4.98 Å². The maximum Gasteiger partial charge on any atom is 0.123 e. The fraction of sp³-hybridized carbons (Fsp3) is 0.375. The monoisotopic (exact) mass is 187 g/mol. The molecule has 0 fully saturated rings. The number of aryl methyl sites for hydroxylation is 1. The zero-order valence-electron chi connectivity index (χ0n) is 7.24. The molecular formula is C8H14ClN3. The van der Waals surface area contributed by atoms with Gasteiger partial charge in [0.05, 0.1) is 0 Å². The molecule has 12 heavy (non-hydrogen) atoms. The van der Waals surface area contributed by atoms with Crippen LogP contribution in [0.25, 0.3) is 0 Å². The smallest absolute Gasteiger partial charge is 0.123 e. The summed E-state index contributed by atoms with van der Waals surface area (Å²) >= 11 is 0. The molecule has 3 nitrogen and oxygen atoms in total. The number of nitrogen functional groups attached to an aromatic ring is 1. The Hall–Kier alpha value is -0.800. The number of pyridine rings is 1. The molecule has 0 amide bonds. The normalized spacial score (nSPS) is 11.9. The minimum atomic E-state index is 0. The summed E-state index contributed by atoms with van der Waals surface area (Å²) in [7, 11) is 0. The number of nitrogens with zero attached hydrogens (tertiary/aromatic N) is 1. The Balaban J connectivity index is 0.00000121. The second-order valence-corrected chi connectivity index (χ2v) is 2.70. The molecule has 0 aliphatic carbocycles. The molecule has 1 atom stereocenters. The third-order valence-corrected chi connectivity index (χ3v) is 1.64. The van der Waals surface area contributed by atoms with E-state index in [-0.39, 0.29) is 18.4 Å². The van der Waals surface area contributed by atoms with Crippen molar-refractivity contribution in [1.82, 2.24) is 4.98 Å². The second kappa shape index (κ2) is 4.28. The predicted octanol–water partition coefficient (Wildman–Crippen LogP) is 1.41. The van der Waals surface area contributed by atoms with Crippen molar-refractivity contribution < 1.29 is 0 Å². The number of hydrogen-bond donors (Lipinski definition) is 2. The minimum Gasteiger partial charge on any atom is -0.384 e. The summed E-state index contributed by atoms with van der Waals surface area (Å²) in [5.41, 5.74) is 13.1. The molecule has 0 aliphatic rings. The number of hydrogen-bond acceptors (Lipinski definition) is 3. The molecule has 4 N–H and O–H groups in total. The molecule has 0 radical (unpaired) electrons. The van der Waals surface area contributed by atoms with Crippen molar-refractivity contribution in [3.05, 3.63) is 23.4 Å². The highest BCUT2D eigenvalue weighted by Gasteiger charge is 2.03. The first-order valence-electron chi connectivity index (χ1n) is 3.60. The first-order chi connectivity index (χ1) is 5.11. The van der Waals surface area contributed by atoms with E-state index in [2.05, 4.69) is 4.98 Å². The quantitative estimate of drug-likeness (QED) is 0.699. The predicted molar refractivity (Wildman–Crippen MR) is 53.2 cm³/mol. The van der Waals surface area contributed by atoms with Gasteiger partial charge in [0, 0.05) is 11.7 Å². The van der Waals surface area contributed by atoms with Gasteiger partial charge in [0.1, 0.15) is 5.82 Å². The van der Waals surface area contributed by atoms with E-state index >= 15 is 0 Å². The summed E-state index contributed by atoms with van der Waals surface area (Å²) in [5, 5.41) is 0. The van der Waals surface area contributed by atoms with Gasteiger partial charge in [0.25, 0.3) is 0 Å². The van der Waals surface area contributed by atoms with Gasteiger partial charge in [-0.1, -0.05) is 6.07 Å². The van der Waals surface area contributed by atoms with Gasteiger partial charge in [-0.2, -0.15) is 0 Å². The molecule has 0 saturated carbocycles. The van der Waals surface area contributed by atoms with Crippen LogP contribution in [0.4, 0.5) is 5.82 Å². The van der Waals surface area contributed by atoms with E-state index in [1.165, 1.54) is 0 Å². The molecule has 0 aromatic carbocycles. The topological polar surface area (TPSA) is 64.9 Å². The van der Waals surface area contributed by atoms with Gasteiger partial charge in [0.2, 0.25) is 0 Å². The zero-order valence-corrected chi connectivity index (χ0v) is 8.06. The molecular weight excluding hydrogens is 174 g/mol. The number of aromatic nitrogens is 1. The molecule has 1 aromatic rings. The fourth-order valence-corrected chi connectivity index (χ4v) is 1.07. The maximum atomic E-state index is 5.68. The third kappa shape index (κ3) is 2.36. The first-order valence-corrected chi connectivity index (χ1v) is 3.60. The molecule has 0 spiro atoms. The Morgan fingerprint density at radius 3 is 2.42 bits per heavy atom. The average Bonchev–Trinajstić information content (AvgIpc) is 1.85. The third-order valence-electron chi connectivity index (χ3n) is 1.64. The van der Waals surface area contributed by atoms with E-state index in [1.807, 2.05) is 19.9 Å². The van der Waals surface area contributed by atoms with Gasteiger partial charge in [-0.05, 0) is 25.5 Å². The Morgan fingerprint density at radius 1 is 1.42 bits per heavy atom. The summed E-state index contributed by atoms with van der Waals surface area (Å²) in [5.74, 6) is 0.548. The Labute approximate surface area is 78.6 Å². The summed E-state index contributed by atoms with van der Waals surface area (Å²) in [6.45, 7) is 3.84. The van der Waals surface area contributed by atoms with E-state index < -0.39 is 0 Å². The maximum absolute atomic E-state index is 5.68.